The van der Waals surface area contributed by atoms with Crippen LogP contribution in [-0.2, 0) is 4.74 Å². The Bertz CT molecular complexity index is 125. The van der Waals surface area contributed by atoms with Gasteiger partial charge in [0.15, 0.2) is 0 Å². The fourth-order valence-corrected chi connectivity index (χ4v) is 1.11. The standard InChI is InChI=1S/C9H20N2O/c1-9(2,3)10-8-11-4-6-12-7-5-11/h10H,4-8H2,1-3H3. The van der Waals surface area contributed by atoms with Gasteiger partial charge in [0.05, 0.1) is 13.2 Å². The van der Waals surface area contributed by atoms with Crippen LogP contribution < -0.4 is 5.32 Å². The van der Waals surface area contributed by atoms with Crippen LogP contribution in [0.2, 0.25) is 0 Å². The fourth-order valence-electron chi connectivity index (χ4n) is 1.11. The van der Waals surface area contributed by atoms with Crippen LogP contribution in [0, 0.1) is 0 Å². The minimum atomic E-state index is 0.221. The highest BCUT2D eigenvalue weighted by molar-refractivity contribution is 4.71. The van der Waals surface area contributed by atoms with Crippen molar-refractivity contribution in [1.82, 2.24) is 10.2 Å². The molecule has 0 amide bonds. The van der Waals surface area contributed by atoms with E-state index < -0.39 is 0 Å². The van der Waals surface area contributed by atoms with E-state index in [1.165, 1.54) is 0 Å². The van der Waals surface area contributed by atoms with Gasteiger partial charge in [-0.05, 0) is 20.8 Å². The molecular formula is C9H20N2O. The summed E-state index contributed by atoms with van der Waals surface area (Å²) in [7, 11) is 0. The predicted molar refractivity (Wildman–Crippen MR) is 50.1 cm³/mol. The van der Waals surface area contributed by atoms with Gasteiger partial charge >= 0.3 is 0 Å². The van der Waals surface area contributed by atoms with Crippen LogP contribution in [0.25, 0.3) is 0 Å². The molecule has 1 rings (SSSR count). The number of nitrogens with one attached hydrogen (secondary N) is 1. The first-order chi connectivity index (χ1) is 5.58. The minimum Gasteiger partial charge on any atom is -0.379 e. The van der Waals surface area contributed by atoms with Gasteiger partial charge < -0.3 is 4.74 Å². The van der Waals surface area contributed by atoms with Crippen molar-refractivity contribution in [3.8, 4) is 0 Å². The van der Waals surface area contributed by atoms with E-state index in [0.717, 1.165) is 33.0 Å². The predicted octanol–water partition coefficient (Wildman–Crippen LogP) is 0.664. The third-order valence-electron chi connectivity index (χ3n) is 1.94. The van der Waals surface area contributed by atoms with Gasteiger partial charge in [-0.1, -0.05) is 0 Å². The largest absolute Gasteiger partial charge is 0.379 e. The lowest BCUT2D eigenvalue weighted by Crippen LogP contribution is -2.47. The van der Waals surface area contributed by atoms with E-state index in [-0.39, 0.29) is 5.54 Å². The van der Waals surface area contributed by atoms with Crippen molar-refractivity contribution < 1.29 is 4.74 Å². The van der Waals surface area contributed by atoms with Crippen molar-refractivity contribution in [2.24, 2.45) is 0 Å². The van der Waals surface area contributed by atoms with Crippen LogP contribution >= 0.6 is 0 Å². The van der Waals surface area contributed by atoms with Crippen molar-refractivity contribution in [2.75, 3.05) is 33.0 Å². The number of morpholine rings is 1. The van der Waals surface area contributed by atoms with Crippen LogP contribution in [0.4, 0.5) is 0 Å². The van der Waals surface area contributed by atoms with Crippen molar-refractivity contribution in [3.63, 3.8) is 0 Å². The van der Waals surface area contributed by atoms with Gasteiger partial charge in [0.25, 0.3) is 0 Å². The SMILES string of the molecule is CC(C)(C)NCN1CCOCC1. The Morgan fingerprint density at radius 1 is 1.25 bits per heavy atom. The summed E-state index contributed by atoms with van der Waals surface area (Å²) in [4.78, 5) is 2.38. The maximum Gasteiger partial charge on any atom is 0.0594 e. The Labute approximate surface area is 75.1 Å². The molecule has 0 saturated carbocycles. The first kappa shape index (κ1) is 9.96. The summed E-state index contributed by atoms with van der Waals surface area (Å²) in [6.45, 7) is 11.4. The molecule has 12 heavy (non-hydrogen) atoms. The lowest BCUT2D eigenvalue weighted by Gasteiger charge is -2.30. The highest BCUT2D eigenvalue weighted by Crippen LogP contribution is 2.00. The smallest absolute Gasteiger partial charge is 0.0594 e. The number of hydrogen-bond acceptors (Lipinski definition) is 3. The highest BCUT2D eigenvalue weighted by Gasteiger charge is 2.13. The van der Waals surface area contributed by atoms with E-state index in [4.69, 9.17) is 4.74 Å². The van der Waals surface area contributed by atoms with E-state index in [1.807, 2.05) is 0 Å². The van der Waals surface area contributed by atoms with Crippen LogP contribution in [0.3, 0.4) is 0 Å². The van der Waals surface area contributed by atoms with Gasteiger partial charge in [-0.3, -0.25) is 10.2 Å². The molecule has 0 aliphatic carbocycles. The number of hydrogen-bond donors (Lipinski definition) is 1. The third-order valence-corrected chi connectivity index (χ3v) is 1.94. The Morgan fingerprint density at radius 2 is 1.83 bits per heavy atom. The van der Waals surface area contributed by atoms with Gasteiger partial charge in [-0.15, -0.1) is 0 Å². The summed E-state index contributed by atoms with van der Waals surface area (Å²) in [5.74, 6) is 0. The lowest BCUT2D eigenvalue weighted by molar-refractivity contribution is 0.0307. The summed E-state index contributed by atoms with van der Waals surface area (Å²) in [5.41, 5.74) is 0.221. The zero-order valence-corrected chi connectivity index (χ0v) is 8.39. The fraction of sp³-hybridized carbons (Fsp3) is 1.00. The number of ether oxygens (including phenoxy) is 1. The maximum absolute atomic E-state index is 5.26. The van der Waals surface area contributed by atoms with Gasteiger partial charge in [-0.2, -0.15) is 0 Å². The van der Waals surface area contributed by atoms with E-state index in [0.29, 0.717) is 0 Å². The first-order valence-electron chi connectivity index (χ1n) is 4.63. The lowest BCUT2D eigenvalue weighted by atomic mass is 10.1. The molecule has 0 aromatic heterocycles. The summed E-state index contributed by atoms with van der Waals surface area (Å²) >= 11 is 0. The Hall–Kier alpha value is -0.120. The zero-order valence-electron chi connectivity index (χ0n) is 8.39. The second kappa shape index (κ2) is 4.21. The molecule has 1 aliphatic heterocycles. The van der Waals surface area contributed by atoms with Gasteiger partial charge in [-0.25, -0.2) is 0 Å². The monoisotopic (exact) mass is 172 g/mol. The average molecular weight is 172 g/mol. The van der Waals surface area contributed by atoms with E-state index in [2.05, 4.69) is 31.0 Å². The topological polar surface area (TPSA) is 24.5 Å². The van der Waals surface area contributed by atoms with E-state index in [9.17, 15) is 0 Å². The van der Waals surface area contributed by atoms with Gasteiger partial charge in [0, 0.05) is 25.3 Å². The third kappa shape index (κ3) is 4.04. The molecule has 1 heterocycles. The normalized spacial score (nSPS) is 21.2. The first-order valence-corrected chi connectivity index (χ1v) is 4.63. The zero-order chi connectivity index (χ0) is 9.03. The molecule has 1 fully saturated rings. The molecule has 0 unspecified atom stereocenters. The molecule has 0 aromatic rings. The quantitative estimate of drug-likeness (QED) is 0.662. The summed E-state index contributed by atoms with van der Waals surface area (Å²) in [6.07, 6.45) is 0. The van der Waals surface area contributed by atoms with Crippen LogP contribution in [0.1, 0.15) is 20.8 Å². The van der Waals surface area contributed by atoms with E-state index >= 15 is 0 Å². The molecule has 0 spiro atoms. The molecule has 1 saturated heterocycles. The van der Waals surface area contributed by atoms with E-state index in [1.54, 1.807) is 0 Å². The molecule has 3 nitrogen and oxygen atoms in total. The van der Waals surface area contributed by atoms with Crippen molar-refractivity contribution in [1.29, 1.82) is 0 Å². The highest BCUT2D eigenvalue weighted by atomic mass is 16.5. The second-order valence-corrected chi connectivity index (χ2v) is 4.32. The molecule has 1 aliphatic rings. The molecule has 0 atom stereocenters. The summed E-state index contributed by atoms with van der Waals surface area (Å²) in [5, 5.41) is 3.46. The molecule has 0 aromatic carbocycles. The van der Waals surface area contributed by atoms with Crippen LogP contribution in [-0.4, -0.2) is 43.4 Å². The Morgan fingerprint density at radius 3 is 2.33 bits per heavy atom. The van der Waals surface area contributed by atoms with Crippen LogP contribution in [0.15, 0.2) is 0 Å². The molecule has 3 heteroatoms. The number of nitrogens with zero attached hydrogens (tertiary/aromatic N) is 1. The molecule has 0 bridgehead atoms. The summed E-state index contributed by atoms with van der Waals surface area (Å²) < 4.78 is 5.26. The Balaban J connectivity index is 2.13. The van der Waals surface area contributed by atoms with Gasteiger partial charge in [0.1, 0.15) is 0 Å². The summed E-state index contributed by atoms with van der Waals surface area (Å²) in [6, 6.07) is 0. The Kier molecular flexibility index (Phi) is 3.50. The van der Waals surface area contributed by atoms with Crippen molar-refractivity contribution >= 4 is 0 Å². The van der Waals surface area contributed by atoms with Crippen molar-refractivity contribution in [2.45, 2.75) is 26.3 Å². The molecule has 1 N–H and O–H groups in total. The minimum absolute atomic E-state index is 0.221. The molecular weight excluding hydrogens is 152 g/mol. The van der Waals surface area contributed by atoms with Gasteiger partial charge in [0.2, 0.25) is 0 Å². The average Bonchev–Trinajstić information content (AvgIpc) is 2.02. The molecule has 72 valence electrons. The second-order valence-electron chi connectivity index (χ2n) is 4.32. The maximum atomic E-state index is 5.26. The van der Waals surface area contributed by atoms with Crippen molar-refractivity contribution in [3.05, 3.63) is 0 Å². The molecule has 0 radical (unpaired) electrons. The number of rotatable bonds is 2. The van der Waals surface area contributed by atoms with Crippen LogP contribution in [0.5, 0.6) is 0 Å².